The van der Waals surface area contributed by atoms with E-state index in [0.717, 1.165) is 10.5 Å². The van der Waals surface area contributed by atoms with Gasteiger partial charge in [0, 0.05) is 6.42 Å². The Labute approximate surface area is 117 Å². The van der Waals surface area contributed by atoms with Crippen LogP contribution in [-0.2, 0) is 22.5 Å². The van der Waals surface area contributed by atoms with E-state index in [4.69, 9.17) is 5.11 Å². The van der Waals surface area contributed by atoms with Crippen molar-refractivity contribution in [3.63, 3.8) is 0 Å². The summed E-state index contributed by atoms with van der Waals surface area (Å²) in [6.07, 6.45) is -5.90. The highest BCUT2D eigenvalue weighted by molar-refractivity contribution is 5.81. The number of fused-ring (bicyclic) bond motifs is 1. The summed E-state index contributed by atoms with van der Waals surface area (Å²) in [5, 5.41) is 9.14. The largest absolute Gasteiger partial charge is 0.480 e. The summed E-state index contributed by atoms with van der Waals surface area (Å²) in [7, 11) is 0. The fourth-order valence-corrected chi connectivity index (χ4v) is 2.16. The summed E-state index contributed by atoms with van der Waals surface area (Å²) in [6.45, 7) is -1.83. The van der Waals surface area contributed by atoms with E-state index in [1.54, 1.807) is 24.3 Å². The average Bonchev–Trinajstić information content (AvgIpc) is 2.42. The lowest BCUT2D eigenvalue weighted by Gasteiger charge is -2.33. The molecule has 0 radical (unpaired) electrons. The van der Waals surface area contributed by atoms with E-state index < -0.39 is 30.9 Å². The molecular weight excluding hydrogens is 291 g/mol. The summed E-state index contributed by atoms with van der Waals surface area (Å²) in [4.78, 5) is 23.7. The Morgan fingerprint density at radius 1 is 1.29 bits per heavy atom. The Bertz CT molecular complexity index is 559. The molecule has 0 aromatic heterocycles. The lowest BCUT2D eigenvalue weighted by atomic mass is 9.94. The second-order valence-corrected chi connectivity index (χ2v) is 4.62. The fraction of sp³-hybridized carbons (Fsp3) is 0.385. The Balaban J connectivity index is 2.17. The van der Waals surface area contributed by atoms with Crippen molar-refractivity contribution >= 4 is 12.1 Å². The van der Waals surface area contributed by atoms with Crippen LogP contribution in [0.5, 0.6) is 0 Å². The highest BCUT2D eigenvalue weighted by Gasteiger charge is 2.37. The van der Waals surface area contributed by atoms with Crippen LogP contribution in [0.25, 0.3) is 0 Å². The first kappa shape index (κ1) is 15.1. The molecule has 1 unspecified atom stereocenters. The number of carbonyl (C=O) groups is 2. The molecule has 1 aromatic carbocycles. The first-order valence-electron chi connectivity index (χ1n) is 6.07. The second kappa shape index (κ2) is 5.63. The van der Waals surface area contributed by atoms with Crippen LogP contribution in [0.1, 0.15) is 11.1 Å². The molecule has 1 aliphatic rings. The van der Waals surface area contributed by atoms with Crippen LogP contribution in [0.2, 0.25) is 0 Å². The van der Waals surface area contributed by atoms with E-state index in [1.807, 2.05) is 0 Å². The molecule has 2 rings (SSSR count). The van der Waals surface area contributed by atoms with Gasteiger partial charge in [0.1, 0.15) is 6.04 Å². The molecule has 0 spiro atoms. The van der Waals surface area contributed by atoms with E-state index in [9.17, 15) is 22.8 Å². The van der Waals surface area contributed by atoms with Gasteiger partial charge in [-0.05, 0) is 11.1 Å². The van der Waals surface area contributed by atoms with Crippen molar-refractivity contribution in [1.29, 1.82) is 0 Å². The molecule has 1 amide bonds. The summed E-state index contributed by atoms with van der Waals surface area (Å²) < 4.78 is 40.3. The normalized spacial score (nSPS) is 18.0. The standard InChI is InChI=1S/C13H12F3NO4/c14-13(15,16)7-21-12(20)17-6-9-4-2-1-3-8(9)5-10(17)11(18)19/h1-4,10H,5-7H2,(H,18,19). The van der Waals surface area contributed by atoms with Gasteiger partial charge in [0.25, 0.3) is 0 Å². The van der Waals surface area contributed by atoms with Gasteiger partial charge in [-0.25, -0.2) is 9.59 Å². The van der Waals surface area contributed by atoms with Crippen LogP contribution in [0, 0.1) is 0 Å². The fourth-order valence-electron chi connectivity index (χ4n) is 2.16. The van der Waals surface area contributed by atoms with Crippen molar-refractivity contribution in [2.24, 2.45) is 0 Å². The topological polar surface area (TPSA) is 66.8 Å². The zero-order chi connectivity index (χ0) is 15.6. The molecule has 0 aliphatic carbocycles. The van der Waals surface area contributed by atoms with Crippen molar-refractivity contribution in [3.05, 3.63) is 35.4 Å². The second-order valence-electron chi connectivity index (χ2n) is 4.62. The number of rotatable bonds is 2. The van der Waals surface area contributed by atoms with Crippen LogP contribution in [-0.4, -0.2) is 40.9 Å². The SMILES string of the molecule is O=C(O)C1Cc2ccccc2CN1C(=O)OCC(F)(F)F. The van der Waals surface area contributed by atoms with E-state index in [1.165, 1.54) is 0 Å². The molecule has 1 aromatic rings. The third-order valence-corrected chi connectivity index (χ3v) is 3.13. The molecular formula is C13H12F3NO4. The minimum Gasteiger partial charge on any atom is -0.480 e. The molecule has 1 atom stereocenters. The Morgan fingerprint density at radius 2 is 1.90 bits per heavy atom. The maximum atomic E-state index is 12.1. The van der Waals surface area contributed by atoms with Crippen molar-refractivity contribution in [2.45, 2.75) is 25.2 Å². The highest BCUT2D eigenvalue weighted by atomic mass is 19.4. The van der Waals surface area contributed by atoms with Gasteiger partial charge >= 0.3 is 18.2 Å². The van der Waals surface area contributed by atoms with Gasteiger partial charge in [0.15, 0.2) is 6.61 Å². The number of hydrogen-bond donors (Lipinski definition) is 1. The number of carbonyl (C=O) groups excluding carboxylic acids is 1. The number of benzene rings is 1. The summed E-state index contributed by atoms with van der Waals surface area (Å²) in [5.74, 6) is -1.28. The average molecular weight is 303 g/mol. The molecule has 21 heavy (non-hydrogen) atoms. The molecule has 0 saturated carbocycles. The van der Waals surface area contributed by atoms with Crippen LogP contribution >= 0.6 is 0 Å². The lowest BCUT2D eigenvalue weighted by molar-refractivity contribution is -0.164. The van der Waals surface area contributed by atoms with Gasteiger partial charge in [0.2, 0.25) is 0 Å². The molecule has 0 bridgehead atoms. The number of amides is 1. The van der Waals surface area contributed by atoms with Crippen molar-refractivity contribution in [3.8, 4) is 0 Å². The summed E-state index contributed by atoms with van der Waals surface area (Å²) >= 11 is 0. The number of carboxylic acids is 1. The number of alkyl halides is 3. The smallest absolute Gasteiger partial charge is 0.422 e. The Hall–Kier alpha value is -2.25. The van der Waals surface area contributed by atoms with Crippen LogP contribution in [0.4, 0.5) is 18.0 Å². The highest BCUT2D eigenvalue weighted by Crippen LogP contribution is 2.25. The van der Waals surface area contributed by atoms with E-state index in [0.29, 0.717) is 5.56 Å². The number of halogens is 3. The number of aliphatic carboxylic acids is 1. The zero-order valence-corrected chi connectivity index (χ0v) is 10.8. The van der Waals surface area contributed by atoms with Gasteiger partial charge in [-0.15, -0.1) is 0 Å². The molecule has 0 fully saturated rings. The van der Waals surface area contributed by atoms with Gasteiger partial charge in [-0.3, -0.25) is 4.90 Å². The molecule has 1 aliphatic heterocycles. The quantitative estimate of drug-likeness (QED) is 0.909. The van der Waals surface area contributed by atoms with Gasteiger partial charge in [-0.1, -0.05) is 24.3 Å². The van der Waals surface area contributed by atoms with E-state index in [2.05, 4.69) is 4.74 Å². The number of nitrogens with zero attached hydrogens (tertiary/aromatic N) is 1. The predicted molar refractivity (Wildman–Crippen MR) is 64.5 cm³/mol. The summed E-state index contributed by atoms with van der Waals surface area (Å²) in [6, 6.07) is 5.62. The van der Waals surface area contributed by atoms with Crippen molar-refractivity contribution in [1.82, 2.24) is 4.90 Å². The van der Waals surface area contributed by atoms with Crippen LogP contribution in [0.3, 0.4) is 0 Å². The minimum absolute atomic E-state index is 0.0343. The minimum atomic E-state index is -4.65. The first-order chi connectivity index (χ1) is 9.78. The molecule has 114 valence electrons. The first-order valence-corrected chi connectivity index (χ1v) is 6.07. The molecule has 1 N–H and O–H groups in total. The Kier molecular flexibility index (Phi) is 4.06. The summed E-state index contributed by atoms with van der Waals surface area (Å²) in [5.41, 5.74) is 1.45. The van der Waals surface area contributed by atoms with Crippen molar-refractivity contribution in [2.75, 3.05) is 6.61 Å². The van der Waals surface area contributed by atoms with Gasteiger partial charge in [-0.2, -0.15) is 13.2 Å². The third kappa shape index (κ3) is 3.65. The van der Waals surface area contributed by atoms with Crippen LogP contribution < -0.4 is 0 Å². The number of carboxylic acid groups (broad SMARTS) is 1. The van der Waals surface area contributed by atoms with Crippen LogP contribution in [0.15, 0.2) is 24.3 Å². The zero-order valence-electron chi connectivity index (χ0n) is 10.8. The Morgan fingerprint density at radius 3 is 2.48 bits per heavy atom. The lowest BCUT2D eigenvalue weighted by Crippen LogP contribution is -2.49. The molecule has 5 nitrogen and oxygen atoms in total. The molecule has 0 saturated heterocycles. The third-order valence-electron chi connectivity index (χ3n) is 3.13. The molecule has 8 heteroatoms. The predicted octanol–water partition coefficient (Wildman–Crippen LogP) is 2.20. The maximum Gasteiger partial charge on any atom is 0.422 e. The molecule has 1 heterocycles. The van der Waals surface area contributed by atoms with E-state index >= 15 is 0 Å². The van der Waals surface area contributed by atoms with Gasteiger partial charge in [0.05, 0.1) is 6.54 Å². The number of ether oxygens (including phenoxy) is 1. The van der Waals surface area contributed by atoms with Gasteiger partial charge < -0.3 is 9.84 Å². The maximum absolute atomic E-state index is 12.1. The monoisotopic (exact) mass is 303 g/mol. The van der Waals surface area contributed by atoms with E-state index in [-0.39, 0.29) is 13.0 Å². The van der Waals surface area contributed by atoms with Crippen molar-refractivity contribution < 1.29 is 32.6 Å². The number of hydrogen-bond acceptors (Lipinski definition) is 3.